The number of benzene rings is 1. The van der Waals surface area contributed by atoms with Crippen LogP contribution >= 0.6 is 0 Å². The van der Waals surface area contributed by atoms with Gasteiger partial charge in [-0.2, -0.15) is 0 Å². The van der Waals surface area contributed by atoms with Crippen LogP contribution in [-0.4, -0.2) is 53.4 Å². The van der Waals surface area contributed by atoms with Gasteiger partial charge in [0.15, 0.2) is 0 Å². The van der Waals surface area contributed by atoms with Gasteiger partial charge in [-0.15, -0.1) is 10.2 Å². The highest BCUT2D eigenvalue weighted by Gasteiger charge is 2.24. The van der Waals surface area contributed by atoms with Crippen molar-refractivity contribution in [3.8, 4) is 17.1 Å². The Morgan fingerprint density at radius 3 is 2.58 bits per heavy atom. The summed E-state index contributed by atoms with van der Waals surface area (Å²) >= 11 is 0. The Hall–Kier alpha value is -2.47. The van der Waals surface area contributed by atoms with Crippen LogP contribution in [0, 0.1) is 0 Å². The molecule has 6 heteroatoms. The van der Waals surface area contributed by atoms with Crippen LogP contribution in [0.4, 0.5) is 0 Å². The minimum absolute atomic E-state index is 0.0562. The van der Waals surface area contributed by atoms with Crippen LogP contribution in [-0.2, 0) is 4.74 Å². The maximum absolute atomic E-state index is 12.8. The number of piperidine rings is 1. The Balaban J connectivity index is 1.70. The van der Waals surface area contributed by atoms with Crippen LogP contribution in [0.5, 0.6) is 5.88 Å². The van der Waals surface area contributed by atoms with E-state index < -0.39 is 0 Å². The molecule has 26 heavy (non-hydrogen) atoms. The second-order valence-corrected chi connectivity index (χ2v) is 6.22. The molecule has 0 bridgehead atoms. The SMILES string of the molecule is CCOc1ccc(-c2cccc(C(=O)N3CCC(OCC)CC3)c2)nn1. The highest BCUT2D eigenvalue weighted by atomic mass is 16.5. The normalized spacial score (nSPS) is 15.1. The smallest absolute Gasteiger partial charge is 0.253 e. The van der Waals surface area contributed by atoms with E-state index in [1.54, 1.807) is 6.07 Å². The van der Waals surface area contributed by atoms with Gasteiger partial charge < -0.3 is 14.4 Å². The lowest BCUT2D eigenvalue weighted by Gasteiger charge is -2.31. The zero-order valence-electron chi connectivity index (χ0n) is 15.4. The number of hydrogen-bond acceptors (Lipinski definition) is 5. The third-order valence-electron chi connectivity index (χ3n) is 4.47. The second kappa shape index (κ2) is 8.76. The van der Waals surface area contributed by atoms with E-state index in [1.165, 1.54) is 0 Å². The molecule has 2 aromatic rings. The van der Waals surface area contributed by atoms with Gasteiger partial charge in [0, 0.05) is 36.9 Å². The molecule has 138 valence electrons. The van der Waals surface area contributed by atoms with Gasteiger partial charge in [0.1, 0.15) is 0 Å². The number of ether oxygens (including phenoxy) is 2. The first-order valence-electron chi connectivity index (χ1n) is 9.19. The third kappa shape index (κ3) is 4.38. The number of aromatic nitrogens is 2. The molecule has 1 aromatic carbocycles. The molecule has 0 N–H and O–H groups in total. The van der Waals surface area contributed by atoms with Gasteiger partial charge in [-0.3, -0.25) is 4.79 Å². The van der Waals surface area contributed by atoms with Crippen LogP contribution in [0.15, 0.2) is 36.4 Å². The summed E-state index contributed by atoms with van der Waals surface area (Å²) in [7, 11) is 0. The van der Waals surface area contributed by atoms with Crippen molar-refractivity contribution in [2.75, 3.05) is 26.3 Å². The largest absolute Gasteiger partial charge is 0.477 e. The zero-order valence-corrected chi connectivity index (χ0v) is 15.4. The van der Waals surface area contributed by atoms with E-state index in [-0.39, 0.29) is 12.0 Å². The molecule has 1 fully saturated rings. The van der Waals surface area contributed by atoms with Crippen molar-refractivity contribution in [2.45, 2.75) is 32.8 Å². The molecule has 0 atom stereocenters. The fraction of sp³-hybridized carbons (Fsp3) is 0.450. The summed E-state index contributed by atoms with van der Waals surface area (Å²) in [6.45, 7) is 6.66. The first-order valence-corrected chi connectivity index (χ1v) is 9.19. The van der Waals surface area contributed by atoms with Crippen LogP contribution in [0.3, 0.4) is 0 Å². The molecule has 3 rings (SSSR count). The number of carbonyl (C=O) groups is 1. The van der Waals surface area contributed by atoms with Crippen molar-refractivity contribution in [1.82, 2.24) is 15.1 Å². The lowest BCUT2D eigenvalue weighted by molar-refractivity contribution is 0.0146. The molecule has 0 saturated carbocycles. The van der Waals surface area contributed by atoms with Gasteiger partial charge in [0.05, 0.1) is 18.4 Å². The minimum atomic E-state index is 0.0562. The Morgan fingerprint density at radius 1 is 1.12 bits per heavy atom. The molecular weight excluding hydrogens is 330 g/mol. The van der Waals surface area contributed by atoms with E-state index in [1.807, 2.05) is 49.1 Å². The lowest BCUT2D eigenvalue weighted by Crippen LogP contribution is -2.40. The zero-order chi connectivity index (χ0) is 18.4. The summed E-state index contributed by atoms with van der Waals surface area (Å²) in [4.78, 5) is 14.7. The first-order chi connectivity index (χ1) is 12.7. The predicted octanol–water partition coefficient (Wildman–Crippen LogP) is 3.18. The quantitative estimate of drug-likeness (QED) is 0.796. The molecule has 2 heterocycles. The van der Waals surface area contributed by atoms with Gasteiger partial charge in [0.25, 0.3) is 5.91 Å². The Bertz CT molecular complexity index is 725. The van der Waals surface area contributed by atoms with E-state index in [0.717, 1.165) is 43.8 Å². The summed E-state index contributed by atoms with van der Waals surface area (Å²) in [5.74, 6) is 0.557. The van der Waals surface area contributed by atoms with Gasteiger partial charge >= 0.3 is 0 Å². The van der Waals surface area contributed by atoms with Crippen LogP contribution in [0.25, 0.3) is 11.3 Å². The summed E-state index contributed by atoms with van der Waals surface area (Å²) in [5.41, 5.74) is 2.27. The lowest BCUT2D eigenvalue weighted by atomic mass is 10.0. The van der Waals surface area contributed by atoms with Crippen molar-refractivity contribution in [1.29, 1.82) is 0 Å². The van der Waals surface area contributed by atoms with Crippen molar-refractivity contribution in [3.63, 3.8) is 0 Å². The maximum atomic E-state index is 12.8. The molecule has 1 saturated heterocycles. The molecule has 0 spiro atoms. The van der Waals surface area contributed by atoms with Gasteiger partial charge in [-0.05, 0) is 44.9 Å². The fourth-order valence-corrected chi connectivity index (χ4v) is 3.15. The van der Waals surface area contributed by atoms with Gasteiger partial charge in [-0.25, -0.2) is 0 Å². The highest BCUT2D eigenvalue weighted by molar-refractivity contribution is 5.95. The molecule has 0 unspecified atom stereocenters. The molecule has 1 aliphatic heterocycles. The molecule has 1 aromatic heterocycles. The first kappa shape index (κ1) is 18.3. The van der Waals surface area contributed by atoms with E-state index in [4.69, 9.17) is 9.47 Å². The van der Waals surface area contributed by atoms with Gasteiger partial charge in [-0.1, -0.05) is 12.1 Å². The number of likely N-dealkylation sites (tertiary alicyclic amines) is 1. The number of rotatable bonds is 6. The number of carbonyl (C=O) groups excluding carboxylic acids is 1. The van der Waals surface area contributed by atoms with E-state index in [2.05, 4.69) is 10.2 Å². The third-order valence-corrected chi connectivity index (χ3v) is 4.47. The van der Waals surface area contributed by atoms with Crippen molar-refractivity contribution < 1.29 is 14.3 Å². The average Bonchev–Trinajstić information content (AvgIpc) is 2.69. The van der Waals surface area contributed by atoms with E-state index >= 15 is 0 Å². The Morgan fingerprint density at radius 2 is 1.92 bits per heavy atom. The van der Waals surface area contributed by atoms with Crippen LogP contribution in [0.1, 0.15) is 37.0 Å². The molecular formula is C20H25N3O3. The van der Waals surface area contributed by atoms with Crippen LogP contribution < -0.4 is 4.74 Å². The van der Waals surface area contributed by atoms with E-state index in [0.29, 0.717) is 18.1 Å². The number of amides is 1. The summed E-state index contributed by atoms with van der Waals surface area (Å²) in [6.07, 6.45) is 2.06. The Kier molecular flexibility index (Phi) is 6.17. The molecule has 1 aliphatic rings. The van der Waals surface area contributed by atoms with Crippen molar-refractivity contribution >= 4 is 5.91 Å². The predicted molar refractivity (Wildman–Crippen MR) is 99.2 cm³/mol. The standard InChI is InChI=1S/C20H25N3O3/c1-3-25-17-10-12-23(13-11-17)20(24)16-7-5-6-15(14-16)18-8-9-19(22-21-18)26-4-2/h5-9,14,17H,3-4,10-13H2,1-2H3. The summed E-state index contributed by atoms with van der Waals surface area (Å²) < 4.78 is 11.0. The molecule has 1 amide bonds. The molecule has 6 nitrogen and oxygen atoms in total. The number of nitrogens with zero attached hydrogens (tertiary/aromatic N) is 3. The van der Waals surface area contributed by atoms with Crippen molar-refractivity contribution in [2.24, 2.45) is 0 Å². The number of hydrogen-bond donors (Lipinski definition) is 0. The van der Waals surface area contributed by atoms with Crippen molar-refractivity contribution in [3.05, 3.63) is 42.0 Å². The van der Waals surface area contributed by atoms with Crippen LogP contribution in [0.2, 0.25) is 0 Å². The summed E-state index contributed by atoms with van der Waals surface area (Å²) in [5, 5.41) is 8.25. The monoisotopic (exact) mass is 355 g/mol. The highest BCUT2D eigenvalue weighted by Crippen LogP contribution is 2.21. The van der Waals surface area contributed by atoms with E-state index in [9.17, 15) is 4.79 Å². The summed E-state index contributed by atoms with van der Waals surface area (Å²) in [6, 6.07) is 11.2. The topological polar surface area (TPSA) is 64.5 Å². The molecule has 0 aliphatic carbocycles. The second-order valence-electron chi connectivity index (χ2n) is 6.22. The fourth-order valence-electron chi connectivity index (χ4n) is 3.15. The van der Waals surface area contributed by atoms with Gasteiger partial charge in [0.2, 0.25) is 5.88 Å². The molecule has 0 radical (unpaired) electrons. The maximum Gasteiger partial charge on any atom is 0.253 e. The minimum Gasteiger partial charge on any atom is -0.477 e. The average molecular weight is 355 g/mol. The Labute approximate surface area is 154 Å².